The number of nitrogens with two attached hydrogens (primary N) is 1. The zero-order valence-electron chi connectivity index (χ0n) is 17.8. The molecule has 32 heavy (non-hydrogen) atoms. The predicted octanol–water partition coefficient (Wildman–Crippen LogP) is 3.23. The summed E-state index contributed by atoms with van der Waals surface area (Å²) in [6.07, 6.45) is 3.96. The molecule has 0 bridgehead atoms. The van der Waals surface area contributed by atoms with Crippen LogP contribution in [0.4, 0.5) is 4.39 Å². The van der Waals surface area contributed by atoms with Crippen molar-refractivity contribution in [3.05, 3.63) is 98.7 Å². The van der Waals surface area contributed by atoms with Crippen LogP contribution in [0.3, 0.4) is 0 Å². The number of nitrogens with zero attached hydrogens (tertiary/aromatic N) is 2. The highest BCUT2D eigenvalue weighted by Gasteiger charge is 2.28. The number of benzene rings is 2. The number of hydrogen-bond acceptors (Lipinski definition) is 3. The molecule has 2 N–H and O–H groups in total. The molecular formula is C25H24FN3O3. The maximum Gasteiger partial charge on any atom is 0.268 e. The van der Waals surface area contributed by atoms with Crippen molar-refractivity contribution in [2.24, 2.45) is 5.73 Å². The van der Waals surface area contributed by atoms with Crippen molar-refractivity contribution in [3.8, 4) is 5.69 Å². The monoisotopic (exact) mass is 433 g/mol. The Bertz CT molecular complexity index is 1230. The summed E-state index contributed by atoms with van der Waals surface area (Å²) in [6.45, 7) is 2.73. The number of hydrogen-bond donors (Lipinski definition) is 1. The summed E-state index contributed by atoms with van der Waals surface area (Å²) in [7, 11) is 0. The SMILES string of the molecule is CCCc1ccc(C(=O)N2CCc3c(cn(-c4ccc(F)cc4)c(=O)c3C(N)=O)C2)cc1. The second kappa shape index (κ2) is 8.78. The first-order chi connectivity index (χ1) is 15.4. The lowest BCUT2D eigenvalue weighted by atomic mass is 9.95. The predicted molar refractivity (Wildman–Crippen MR) is 119 cm³/mol. The second-order valence-corrected chi connectivity index (χ2v) is 7.95. The van der Waals surface area contributed by atoms with Gasteiger partial charge in [0.15, 0.2) is 0 Å². The molecule has 0 saturated heterocycles. The molecule has 0 atom stereocenters. The van der Waals surface area contributed by atoms with Gasteiger partial charge in [0.05, 0.1) is 0 Å². The zero-order valence-corrected chi connectivity index (χ0v) is 17.8. The zero-order chi connectivity index (χ0) is 22.8. The Morgan fingerprint density at radius 1 is 1.06 bits per heavy atom. The van der Waals surface area contributed by atoms with E-state index in [2.05, 4.69) is 6.92 Å². The van der Waals surface area contributed by atoms with Crippen molar-refractivity contribution in [2.75, 3.05) is 6.54 Å². The van der Waals surface area contributed by atoms with E-state index in [1.807, 2.05) is 24.3 Å². The first-order valence-electron chi connectivity index (χ1n) is 10.6. The fraction of sp³-hybridized carbons (Fsp3) is 0.240. The lowest BCUT2D eigenvalue weighted by molar-refractivity contribution is 0.0734. The highest BCUT2D eigenvalue weighted by atomic mass is 19.1. The van der Waals surface area contributed by atoms with Gasteiger partial charge in [-0.25, -0.2) is 4.39 Å². The molecule has 4 rings (SSSR count). The first kappa shape index (κ1) is 21.5. The average Bonchev–Trinajstić information content (AvgIpc) is 2.79. The Morgan fingerprint density at radius 2 is 1.75 bits per heavy atom. The third-order valence-corrected chi connectivity index (χ3v) is 5.78. The van der Waals surface area contributed by atoms with Gasteiger partial charge >= 0.3 is 0 Å². The Balaban J connectivity index is 1.70. The van der Waals surface area contributed by atoms with Crippen LogP contribution >= 0.6 is 0 Å². The number of rotatable bonds is 5. The highest BCUT2D eigenvalue weighted by molar-refractivity contribution is 5.96. The number of aromatic nitrogens is 1. The van der Waals surface area contributed by atoms with E-state index in [0.717, 1.165) is 12.8 Å². The van der Waals surface area contributed by atoms with Crippen molar-refractivity contribution in [2.45, 2.75) is 32.7 Å². The Hall–Kier alpha value is -3.74. The molecule has 0 spiro atoms. The van der Waals surface area contributed by atoms with E-state index in [9.17, 15) is 18.8 Å². The van der Waals surface area contributed by atoms with Crippen molar-refractivity contribution >= 4 is 11.8 Å². The maximum atomic E-state index is 13.3. The van der Waals surface area contributed by atoms with Crippen LogP contribution in [-0.4, -0.2) is 27.8 Å². The Labute approximate surface area is 185 Å². The number of amides is 2. The summed E-state index contributed by atoms with van der Waals surface area (Å²) in [5, 5.41) is 0. The molecule has 1 aromatic heterocycles. The van der Waals surface area contributed by atoms with Crippen molar-refractivity contribution < 1.29 is 14.0 Å². The standard InChI is InChI=1S/C25H24FN3O3/c1-2-3-16-4-6-17(7-5-16)24(31)28-13-12-21-18(14-28)15-29(25(32)22(21)23(27)30)20-10-8-19(26)9-11-20/h4-11,15H,2-3,12-14H2,1H3,(H2,27,30). The van der Waals surface area contributed by atoms with Gasteiger partial charge in [0.1, 0.15) is 11.4 Å². The topological polar surface area (TPSA) is 85.4 Å². The molecule has 0 unspecified atom stereocenters. The molecule has 1 aliphatic heterocycles. The summed E-state index contributed by atoms with van der Waals surface area (Å²) in [5.74, 6) is -1.36. The average molecular weight is 433 g/mol. The molecular weight excluding hydrogens is 409 g/mol. The minimum atomic E-state index is -0.811. The Morgan fingerprint density at radius 3 is 2.38 bits per heavy atom. The van der Waals surface area contributed by atoms with Gasteiger partial charge in [-0.05, 0) is 65.9 Å². The molecule has 0 fully saturated rings. The molecule has 164 valence electrons. The minimum absolute atomic E-state index is 0.0807. The molecule has 2 aromatic carbocycles. The Kier molecular flexibility index (Phi) is 5.90. The van der Waals surface area contributed by atoms with Crippen LogP contribution in [0.25, 0.3) is 5.69 Å². The summed E-state index contributed by atoms with van der Waals surface area (Å²) in [6, 6.07) is 13.0. The summed E-state index contributed by atoms with van der Waals surface area (Å²) in [5.41, 5.74) is 8.35. The summed E-state index contributed by atoms with van der Waals surface area (Å²) >= 11 is 0. The van der Waals surface area contributed by atoms with Crippen LogP contribution in [0.1, 0.15) is 50.8 Å². The molecule has 3 aromatic rings. The van der Waals surface area contributed by atoms with Gasteiger partial charge in [0.2, 0.25) is 0 Å². The van der Waals surface area contributed by atoms with Gasteiger partial charge in [-0.1, -0.05) is 25.5 Å². The summed E-state index contributed by atoms with van der Waals surface area (Å²) < 4.78 is 14.6. The molecule has 6 nitrogen and oxygen atoms in total. The van der Waals surface area contributed by atoms with E-state index in [-0.39, 0.29) is 18.0 Å². The minimum Gasteiger partial charge on any atom is -0.365 e. The van der Waals surface area contributed by atoms with Gasteiger partial charge < -0.3 is 10.6 Å². The van der Waals surface area contributed by atoms with Crippen LogP contribution in [0.2, 0.25) is 0 Å². The molecule has 7 heteroatoms. The van der Waals surface area contributed by atoms with Crippen LogP contribution in [-0.2, 0) is 19.4 Å². The largest absolute Gasteiger partial charge is 0.365 e. The quantitative estimate of drug-likeness (QED) is 0.670. The van der Waals surface area contributed by atoms with Gasteiger partial charge in [0.25, 0.3) is 17.4 Å². The number of pyridine rings is 1. The van der Waals surface area contributed by atoms with Crippen molar-refractivity contribution in [3.63, 3.8) is 0 Å². The van der Waals surface area contributed by atoms with E-state index in [0.29, 0.717) is 35.3 Å². The van der Waals surface area contributed by atoms with Gasteiger partial charge in [-0.3, -0.25) is 19.0 Å². The molecule has 0 saturated carbocycles. The lowest BCUT2D eigenvalue weighted by Gasteiger charge is -2.30. The van der Waals surface area contributed by atoms with E-state index >= 15 is 0 Å². The normalized spacial score (nSPS) is 13.0. The van der Waals surface area contributed by atoms with E-state index in [1.165, 1.54) is 34.4 Å². The van der Waals surface area contributed by atoms with Crippen LogP contribution < -0.4 is 11.3 Å². The lowest BCUT2D eigenvalue weighted by Crippen LogP contribution is -2.40. The third kappa shape index (κ3) is 4.06. The van der Waals surface area contributed by atoms with Crippen molar-refractivity contribution in [1.82, 2.24) is 9.47 Å². The fourth-order valence-electron chi connectivity index (χ4n) is 4.16. The molecule has 2 heterocycles. The number of aryl methyl sites for hydroxylation is 1. The first-order valence-corrected chi connectivity index (χ1v) is 10.6. The van der Waals surface area contributed by atoms with Gasteiger partial charge in [0, 0.05) is 30.5 Å². The smallest absolute Gasteiger partial charge is 0.268 e. The van der Waals surface area contributed by atoms with E-state index in [1.54, 1.807) is 11.1 Å². The van der Waals surface area contributed by atoms with Crippen LogP contribution in [0.5, 0.6) is 0 Å². The molecule has 2 amide bonds. The fourth-order valence-corrected chi connectivity index (χ4v) is 4.16. The van der Waals surface area contributed by atoms with Crippen LogP contribution in [0, 0.1) is 5.82 Å². The van der Waals surface area contributed by atoms with Gasteiger partial charge in [-0.2, -0.15) is 0 Å². The highest BCUT2D eigenvalue weighted by Crippen LogP contribution is 2.23. The van der Waals surface area contributed by atoms with E-state index < -0.39 is 17.3 Å². The van der Waals surface area contributed by atoms with Crippen LogP contribution in [0.15, 0.2) is 59.5 Å². The number of halogens is 1. The number of carbonyl (C=O) groups is 2. The number of fused-ring (bicyclic) bond motifs is 1. The van der Waals surface area contributed by atoms with Crippen molar-refractivity contribution in [1.29, 1.82) is 0 Å². The molecule has 0 aliphatic carbocycles. The third-order valence-electron chi connectivity index (χ3n) is 5.78. The van der Waals surface area contributed by atoms with E-state index in [4.69, 9.17) is 5.73 Å². The maximum absolute atomic E-state index is 13.3. The van der Waals surface area contributed by atoms with Gasteiger partial charge in [-0.15, -0.1) is 0 Å². The number of primary amides is 1. The second-order valence-electron chi connectivity index (χ2n) is 7.95. The number of carbonyl (C=O) groups excluding carboxylic acids is 2. The summed E-state index contributed by atoms with van der Waals surface area (Å²) in [4.78, 5) is 39.9. The molecule has 1 aliphatic rings. The molecule has 0 radical (unpaired) electrons.